The van der Waals surface area contributed by atoms with E-state index >= 15 is 0 Å². The van der Waals surface area contributed by atoms with Crippen LogP contribution in [-0.2, 0) is 0 Å². The minimum atomic E-state index is 1.01. The summed E-state index contributed by atoms with van der Waals surface area (Å²) in [6.45, 7) is 3.23. The van der Waals surface area contributed by atoms with Gasteiger partial charge in [0.15, 0.2) is 0 Å². The van der Waals surface area contributed by atoms with E-state index in [1.54, 1.807) is 0 Å². The second kappa shape index (κ2) is 7.39. The van der Waals surface area contributed by atoms with Gasteiger partial charge in [-0.25, -0.2) is 0 Å². The first-order chi connectivity index (χ1) is 11.7. The number of hydrogen-bond acceptors (Lipinski definition) is 2. The van der Waals surface area contributed by atoms with Gasteiger partial charge in [-0.3, -0.25) is 0 Å². The Morgan fingerprint density at radius 1 is 0.875 bits per heavy atom. The van der Waals surface area contributed by atoms with Crippen LogP contribution in [0.4, 0.5) is 11.4 Å². The fourth-order valence-electron chi connectivity index (χ4n) is 3.15. The van der Waals surface area contributed by atoms with E-state index in [2.05, 4.69) is 91.9 Å². The van der Waals surface area contributed by atoms with Crippen LogP contribution in [0.1, 0.15) is 19.8 Å². The molecule has 0 heterocycles. The summed E-state index contributed by atoms with van der Waals surface area (Å²) in [5.41, 5.74) is 5.03. The van der Waals surface area contributed by atoms with Crippen LogP contribution in [0, 0.1) is 0 Å². The number of nitrogens with zero attached hydrogens (tertiary/aromatic N) is 1. The van der Waals surface area contributed by atoms with Crippen molar-refractivity contribution in [1.29, 1.82) is 0 Å². The summed E-state index contributed by atoms with van der Waals surface area (Å²) in [4.78, 5) is 2.20. The molecule has 2 heteroatoms. The van der Waals surface area contributed by atoms with Crippen molar-refractivity contribution in [3.63, 3.8) is 0 Å². The Kier molecular flexibility index (Phi) is 5.05. The number of unbranched alkanes of at least 4 members (excludes halogenated alkanes) is 1. The molecule has 0 fully saturated rings. The van der Waals surface area contributed by atoms with Gasteiger partial charge >= 0.3 is 0 Å². The van der Waals surface area contributed by atoms with Gasteiger partial charge in [0.1, 0.15) is 0 Å². The van der Waals surface area contributed by atoms with Gasteiger partial charge in [0.25, 0.3) is 0 Å². The van der Waals surface area contributed by atoms with Crippen LogP contribution in [0.25, 0.3) is 21.9 Å². The van der Waals surface area contributed by atoms with E-state index in [1.807, 2.05) is 0 Å². The van der Waals surface area contributed by atoms with Gasteiger partial charge in [0.05, 0.1) is 11.4 Å². The summed E-state index contributed by atoms with van der Waals surface area (Å²) >= 11 is 0. The Hall–Kier alpha value is -2.48. The normalized spacial score (nSPS) is 10.8. The van der Waals surface area contributed by atoms with E-state index in [0.717, 1.165) is 6.54 Å². The number of benzene rings is 3. The molecule has 0 aliphatic heterocycles. The van der Waals surface area contributed by atoms with Crippen molar-refractivity contribution in [2.45, 2.75) is 19.8 Å². The highest BCUT2D eigenvalue weighted by atomic mass is 15.1. The first-order valence-electron chi connectivity index (χ1n) is 8.74. The highest BCUT2D eigenvalue weighted by Gasteiger charge is 2.14. The summed E-state index contributed by atoms with van der Waals surface area (Å²) < 4.78 is 0. The SMILES string of the molecule is CCCCNc1c(N(C)C)cc(-c2ccccc2)c2ccccc12. The monoisotopic (exact) mass is 318 g/mol. The average Bonchev–Trinajstić information content (AvgIpc) is 2.62. The van der Waals surface area contributed by atoms with Crippen LogP contribution in [0.2, 0.25) is 0 Å². The molecule has 3 aromatic carbocycles. The van der Waals surface area contributed by atoms with Crippen LogP contribution in [0.15, 0.2) is 60.7 Å². The van der Waals surface area contributed by atoms with Gasteiger partial charge in [-0.15, -0.1) is 0 Å². The van der Waals surface area contributed by atoms with Gasteiger partial charge in [0, 0.05) is 26.0 Å². The molecule has 0 bridgehead atoms. The molecule has 24 heavy (non-hydrogen) atoms. The fourth-order valence-corrected chi connectivity index (χ4v) is 3.15. The van der Waals surface area contributed by atoms with Crippen molar-refractivity contribution in [2.24, 2.45) is 0 Å². The molecule has 0 aliphatic rings. The number of rotatable bonds is 6. The van der Waals surface area contributed by atoms with Gasteiger partial charge in [0.2, 0.25) is 0 Å². The molecule has 3 rings (SSSR count). The van der Waals surface area contributed by atoms with Gasteiger partial charge in [-0.2, -0.15) is 0 Å². The Balaban J connectivity index is 2.22. The summed E-state index contributed by atoms with van der Waals surface area (Å²) in [6.07, 6.45) is 2.38. The first kappa shape index (κ1) is 16.4. The molecule has 0 atom stereocenters. The Morgan fingerprint density at radius 2 is 1.54 bits per heavy atom. The minimum absolute atomic E-state index is 1.01. The van der Waals surface area contributed by atoms with E-state index in [-0.39, 0.29) is 0 Å². The molecule has 0 spiro atoms. The van der Waals surface area contributed by atoms with Crippen LogP contribution >= 0.6 is 0 Å². The van der Waals surface area contributed by atoms with Crippen molar-refractivity contribution in [1.82, 2.24) is 0 Å². The van der Waals surface area contributed by atoms with Crippen molar-refractivity contribution < 1.29 is 0 Å². The lowest BCUT2D eigenvalue weighted by Gasteiger charge is -2.23. The highest BCUT2D eigenvalue weighted by Crippen LogP contribution is 2.40. The zero-order valence-electron chi connectivity index (χ0n) is 14.8. The maximum Gasteiger partial charge on any atom is 0.0657 e. The maximum absolute atomic E-state index is 3.68. The topological polar surface area (TPSA) is 15.3 Å². The van der Waals surface area contributed by atoms with Crippen LogP contribution in [0.5, 0.6) is 0 Å². The van der Waals surface area contributed by atoms with Gasteiger partial charge in [-0.1, -0.05) is 67.9 Å². The summed E-state index contributed by atoms with van der Waals surface area (Å²) in [5.74, 6) is 0. The second-order valence-corrected chi connectivity index (χ2v) is 6.40. The molecule has 0 radical (unpaired) electrons. The molecule has 0 saturated heterocycles. The third kappa shape index (κ3) is 3.23. The zero-order chi connectivity index (χ0) is 16.9. The fraction of sp³-hybridized carbons (Fsp3) is 0.273. The molecule has 124 valence electrons. The Bertz CT molecular complexity index is 807. The molecule has 0 aliphatic carbocycles. The number of hydrogen-bond donors (Lipinski definition) is 1. The number of fused-ring (bicyclic) bond motifs is 1. The Labute approximate surface area is 145 Å². The van der Waals surface area contributed by atoms with Crippen LogP contribution in [0.3, 0.4) is 0 Å². The lowest BCUT2D eigenvalue weighted by Crippen LogP contribution is -2.13. The highest BCUT2D eigenvalue weighted by molar-refractivity contribution is 6.08. The Morgan fingerprint density at radius 3 is 2.21 bits per heavy atom. The first-order valence-corrected chi connectivity index (χ1v) is 8.74. The predicted octanol–water partition coefficient (Wildman–Crippen LogP) is 5.78. The quantitative estimate of drug-likeness (QED) is 0.579. The van der Waals surface area contributed by atoms with Crippen molar-refractivity contribution in [2.75, 3.05) is 30.9 Å². The molecular weight excluding hydrogens is 292 g/mol. The molecular formula is C22H26N2. The number of nitrogens with one attached hydrogen (secondary N) is 1. The number of anilines is 2. The molecule has 0 amide bonds. The summed E-state index contributed by atoms with van der Waals surface area (Å²) in [6, 6.07) is 21.7. The van der Waals surface area contributed by atoms with E-state index < -0.39 is 0 Å². The van der Waals surface area contributed by atoms with E-state index in [9.17, 15) is 0 Å². The van der Waals surface area contributed by atoms with E-state index in [1.165, 1.54) is 46.1 Å². The molecule has 0 aromatic heterocycles. The van der Waals surface area contributed by atoms with Crippen molar-refractivity contribution in [3.8, 4) is 11.1 Å². The average molecular weight is 318 g/mol. The predicted molar refractivity (Wildman–Crippen MR) is 107 cm³/mol. The lowest BCUT2D eigenvalue weighted by atomic mass is 9.95. The van der Waals surface area contributed by atoms with E-state index in [4.69, 9.17) is 0 Å². The minimum Gasteiger partial charge on any atom is -0.383 e. The standard InChI is InChI=1S/C22H26N2/c1-4-5-15-23-22-19-14-10-9-13-18(19)20(16-21(22)24(2)3)17-11-7-6-8-12-17/h6-14,16,23H,4-5,15H2,1-3H3. The molecule has 3 aromatic rings. The van der Waals surface area contributed by atoms with Gasteiger partial charge < -0.3 is 10.2 Å². The smallest absolute Gasteiger partial charge is 0.0657 e. The molecule has 0 saturated carbocycles. The third-order valence-corrected chi connectivity index (χ3v) is 4.42. The third-order valence-electron chi connectivity index (χ3n) is 4.42. The maximum atomic E-state index is 3.68. The van der Waals surface area contributed by atoms with E-state index in [0.29, 0.717) is 0 Å². The zero-order valence-corrected chi connectivity index (χ0v) is 14.8. The van der Waals surface area contributed by atoms with Crippen LogP contribution in [-0.4, -0.2) is 20.6 Å². The summed E-state index contributed by atoms with van der Waals surface area (Å²) in [7, 11) is 4.23. The molecule has 0 unspecified atom stereocenters. The largest absolute Gasteiger partial charge is 0.383 e. The van der Waals surface area contributed by atoms with Crippen molar-refractivity contribution in [3.05, 3.63) is 60.7 Å². The van der Waals surface area contributed by atoms with Gasteiger partial charge in [-0.05, 0) is 29.0 Å². The molecule has 1 N–H and O–H groups in total. The van der Waals surface area contributed by atoms with Crippen LogP contribution < -0.4 is 10.2 Å². The lowest BCUT2D eigenvalue weighted by molar-refractivity contribution is 0.834. The van der Waals surface area contributed by atoms with Crippen molar-refractivity contribution >= 4 is 22.1 Å². The second-order valence-electron chi connectivity index (χ2n) is 6.40. The molecule has 2 nitrogen and oxygen atoms in total. The summed E-state index contributed by atoms with van der Waals surface area (Å²) in [5, 5.41) is 6.27.